The van der Waals surface area contributed by atoms with Crippen LogP contribution >= 0.6 is 0 Å². The van der Waals surface area contributed by atoms with Gasteiger partial charge >= 0.3 is 0 Å². The molecule has 0 saturated heterocycles. The smallest absolute Gasteiger partial charge is 0.233 e. The Labute approximate surface area is 151 Å². The molecule has 0 heterocycles. The molecule has 0 atom stereocenters. The minimum Gasteiger partial charge on any atom is -0.377 e. The predicted molar refractivity (Wildman–Crippen MR) is 94.4 cm³/mol. The molecule has 2 aromatic carbocycles. The molecule has 0 aliphatic heterocycles. The van der Waals surface area contributed by atoms with Gasteiger partial charge in [0.15, 0.2) is 5.78 Å². The molecule has 0 bridgehead atoms. The molecular weight excluding hydrogens is 336 g/mol. The summed E-state index contributed by atoms with van der Waals surface area (Å²) in [6, 6.07) is 12.6. The Morgan fingerprint density at radius 1 is 0.731 bits per heavy atom. The second-order valence-electron chi connectivity index (χ2n) is 5.54. The van der Waals surface area contributed by atoms with E-state index in [2.05, 4.69) is 0 Å². The standard InChI is InChI=1S/C20H20O6/c1-24-12-18(21)15-7-9-17(10-8-15)20(23)19(22)16-5-3-14(4-6-16)11-26-13-25-2/h3-10H,11-13H2,1-2H3. The van der Waals surface area contributed by atoms with Gasteiger partial charge in [0.2, 0.25) is 11.6 Å². The van der Waals surface area contributed by atoms with Crippen molar-refractivity contribution >= 4 is 17.3 Å². The van der Waals surface area contributed by atoms with Gasteiger partial charge in [0.1, 0.15) is 13.4 Å². The van der Waals surface area contributed by atoms with Gasteiger partial charge in [-0.3, -0.25) is 14.4 Å². The first-order chi connectivity index (χ1) is 12.6. The summed E-state index contributed by atoms with van der Waals surface area (Å²) in [5.74, 6) is -1.42. The molecule has 6 nitrogen and oxygen atoms in total. The van der Waals surface area contributed by atoms with Crippen LogP contribution in [0, 0.1) is 0 Å². The van der Waals surface area contributed by atoms with Crippen molar-refractivity contribution in [3.8, 4) is 0 Å². The second kappa shape index (κ2) is 9.72. The number of hydrogen-bond donors (Lipinski definition) is 0. The number of ether oxygens (including phenoxy) is 3. The highest BCUT2D eigenvalue weighted by atomic mass is 16.7. The van der Waals surface area contributed by atoms with Gasteiger partial charge in [0.05, 0.1) is 6.61 Å². The second-order valence-corrected chi connectivity index (χ2v) is 5.54. The highest BCUT2D eigenvalue weighted by Gasteiger charge is 2.18. The number of benzene rings is 2. The van der Waals surface area contributed by atoms with Crippen molar-refractivity contribution in [3.63, 3.8) is 0 Å². The fourth-order valence-electron chi connectivity index (χ4n) is 2.28. The van der Waals surface area contributed by atoms with Crippen LogP contribution in [0.25, 0.3) is 0 Å². The zero-order valence-corrected chi connectivity index (χ0v) is 14.7. The Balaban J connectivity index is 2.04. The molecule has 0 saturated carbocycles. The predicted octanol–water partition coefficient (Wildman–Crippen LogP) is 2.70. The number of methoxy groups -OCH3 is 2. The maximum atomic E-state index is 12.4. The van der Waals surface area contributed by atoms with Crippen LogP contribution in [0.2, 0.25) is 0 Å². The van der Waals surface area contributed by atoms with Crippen molar-refractivity contribution in [2.24, 2.45) is 0 Å². The molecule has 2 rings (SSSR count). The quantitative estimate of drug-likeness (QED) is 0.282. The lowest BCUT2D eigenvalue weighted by molar-refractivity contribution is -0.0390. The van der Waals surface area contributed by atoms with Gasteiger partial charge in [0, 0.05) is 30.9 Å². The molecule has 0 N–H and O–H groups in total. The Bertz CT molecular complexity index is 762. The lowest BCUT2D eigenvalue weighted by Gasteiger charge is -2.05. The first-order valence-electron chi connectivity index (χ1n) is 7.93. The average Bonchev–Trinajstić information content (AvgIpc) is 2.68. The fourth-order valence-corrected chi connectivity index (χ4v) is 2.28. The molecule has 0 radical (unpaired) electrons. The summed E-state index contributed by atoms with van der Waals surface area (Å²) in [6.07, 6.45) is 0. The third-order valence-corrected chi connectivity index (χ3v) is 3.64. The molecule has 0 aliphatic carbocycles. The van der Waals surface area contributed by atoms with Gasteiger partial charge in [-0.05, 0) is 5.56 Å². The van der Waals surface area contributed by atoms with Gasteiger partial charge in [-0.25, -0.2) is 0 Å². The van der Waals surface area contributed by atoms with Crippen molar-refractivity contribution < 1.29 is 28.6 Å². The lowest BCUT2D eigenvalue weighted by atomic mass is 9.99. The Hall–Kier alpha value is -2.67. The molecule has 0 amide bonds. The Kier molecular flexibility index (Phi) is 7.35. The molecule has 0 aliphatic rings. The lowest BCUT2D eigenvalue weighted by Crippen LogP contribution is -2.15. The fraction of sp³-hybridized carbons (Fsp3) is 0.250. The van der Waals surface area contributed by atoms with E-state index in [1.807, 2.05) is 0 Å². The summed E-state index contributed by atoms with van der Waals surface area (Å²) in [7, 11) is 2.97. The molecule has 0 fully saturated rings. The summed E-state index contributed by atoms with van der Waals surface area (Å²) in [4.78, 5) is 36.4. The van der Waals surface area contributed by atoms with E-state index >= 15 is 0 Å². The summed E-state index contributed by atoms with van der Waals surface area (Å²) in [5.41, 5.74) is 1.82. The van der Waals surface area contributed by atoms with E-state index < -0.39 is 11.6 Å². The maximum Gasteiger partial charge on any atom is 0.233 e. The average molecular weight is 356 g/mol. The van der Waals surface area contributed by atoms with Gasteiger partial charge in [0.25, 0.3) is 0 Å². The first kappa shape index (κ1) is 19.7. The van der Waals surface area contributed by atoms with Gasteiger partial charge in [-0.15, -0.1) is 0 Å². The Morgan fingerprint density at radius 3 is 1.73 bits per heavy atom. The van der Waals surface area contributed by atoms with Crippen molar-refractivity contribution in [1.82, 2.24) is 0 Å². The zero-order valence-electron chi connectivity index (χ0n) is 14.7. The monoisotopic (exact) mass is 356 g/mol. The molecule has 26 heavy (non-hydrogen) atoms. The molecule has 0 spiro atoms. The number of Topliss-reactive ketones (excluding diaryl/α,β-unsaturated/α-hetero) is 3. The van der Waals surface area contributed by atoms with Crippen molar-refractivity contribution in [2.75, 3.05) is 27.6 Å². The van der Waals surface area contributed by atoms with Crippen molar-refractivity contribution in [1.29, 1.82) is 0 Å². The van der Waals surface area contributed by atoms with Gasteiger partial charge < -0.3 is 14.2 Å². The molecule has 0 unspecified atom stereocenters. The summed E-state index contributed by atoms with van der Waals surface area (Å²) in [6.45, 7) is 0.502. The topological polar surface area (TPSA) is 78.9 Å². The highest BCUT2D eigenvalue weighted by molar-refractivity contribution is 6.49. The zero-order chi connectivity index (χ0) is 18.9. The SMILES string of the molecule is COCOCc1ccc(C(=O)C(=O)c2ccc(C(=O)COC)cc2)cc1. The third kappa shape index (κ3) is 5.16. The Morgan fingerprint density at radius 2 is 1.23 bits per heavy atom. The van der Waals surface area contributed by atoms with Gasteiger partial charge in [-0.1, -0.05) is 48.5 Å². The van der Waals surface area contributed by atoms with Crippen molar-refractivity contribution in [3.05, 3.63) is 70.8 Å². The first-order valence-corrected chi connectivity index (χ1v) is 7.93. The molecule has 136 valence electrons. The molecular formula is C20H20O6. The number of carbonyl (C=O) groups excluding carboxylic acids is 3. The molecule has 0 aromatic heterocycles. The van der Waals surface area contributed by atoms with Crippen LogP contribution in [0.4, 0.5) is 0 Å². The van der Waals surface area contributed by atoms with E-state index in [4.69, 9.17) is 14.2 Å². The highest BCUT2D eigenvalue weighted by Crippen LogP contribution is 2.12. The molecule has 2 aromatic rings. The largest absolute Gasteiger partial charge is 0.377 e. The number of rotatable bonds is 10. The van der Waals surface area contributed by atoms with Gasteiger partial charge in [-0.2, -0.15) is 0 Å². The van der Waals surface area contributed by atoms with Crippen LogP contribution < -0.4 is 0 Å². The van der Waals surface area contributed by atoms with E-state index in [9.17, 15) is 14.4 Å². The van der Waals surface area contributed by atoms with Crippen LogP contribution in [0.3, 0.4) is 0 Å². The van der Waals surface area contributed by atoms with E-state index in [0.29, 0.717) is 17.7 Å². The molecule has 6 heteroatoms. The minimum atomic E-state index is -0.626. The van der Waals surface area contributed by atoms with E-state index in [1.165, 1.54) is 38.5 Å². The number of ketones is 3. The van der Waals surface area contributed by atoms with Crippen LogP contribution in [0.1, 0.15) is 36.6 Å². The number of hydrogen-bond acceptors (Lipinski definition) is 6. The summed E-state index contributed by atoms with van der Waals surface area (Å²) < 4.78 is 14.8. The van der Waals surface area contributed by atoms with Crippen LogP contribution in [0.15, 0.2) is 48.5 Å². The van der Waals surface area contributed by atoms with Crippen LogP contribution in [-0.4, -0.2) is 45.0 Å². The van der Waals surface area contributed by atoms with E-state index in [-0.39, 0.29) is 24.7 Å². The van der Waals surface area contributed by atoms with Crippen molar-refractivity contribution in [2.45, 2.75) is 6.61 Å². The summed E-state index contributed by atoms with van der Waals surface area (Å²) in [5, 5.41) is 0. The van der Waals surface area contributed by atoms with E-state index in [1.54, 1.807) is 24.3 Å². The normalized spacial score (nSPS) is 10.5. The van der Waals surface area contributed by atoms with Crippen LogP contribution in [-0.2, 0) is 20.8 Å². The minimum absolute atomic E-state index is 0.0351. The maximum absolute atomic E-state index is 12.4. The third-order valence-electron chi connectivity index (χ3n) is 3.64. The number of carbonyl (C=O) groups is 3. The van der Waals surface area contributed by atoms with Crippen LogP contribution in [0.5, 0.6) is 0 Å². The summed E-state index contributed by atoms with van der Waals surface area (Å²) >= 11 is 0. The van der Waals surface area contributed by atoms with E-state index in [0.717, 1.165) is 5.56 Å².